The van der Waals surface area contributed by atoms with Gasteiger partial charge in [0.1, 0.15) is 12.1 Å². The maximum Gasteiger partial charge on any atom is 0.131 e. The molecule has 0 aliphatic rings. The Morgan fingerprint density at radius 2 is 2.42 bits per heavy atom. The Morgan fingerprint density at radius 1 is 1.67 bits per heavy atom. The Labute approximate surface area is 81.0 Å². The van der Waals surface area contributed by atoms with Crippen LogP contribution in [-0.2, 0) is 0 Å². The van der Waals surface area contributed by atoms with E-state index >= 15 is 0 Å². The van der Waals surface area contributed by atoms with Crippen LogP contribution in [0.5, 0.6) is 0 Å². The lowest BCUT2D eigenvalue weighted by atomic mass is 10.3. The Balaban J connectivity index is 2.71. The second kappa shape index (κ2) is 4.40. The topological polar surface area (TPSA) is 29.0 Å². The molecule has 0 radical (unpaired) electrons. The number of alkyl halides is 1. The molecule has 0 saturated heterocycles. The fourth-order valence-corrected chi connectivity index (χ4v) is 1.26. The Bertz CT molecular complexity index is 227. The number of halogens is 1. The van der Waals surface area contributed by atoms with Crippen molar-refractivity contribution in [3.63, 3.8) is 0 Å². The highest BCUT2D eigenvalue weighted by Gasteiger charge is 2.08. The predicted molar refractivity (Wildman–Crippen MR) is 53.7 cm³/mol. The lowest BCUT2D eigenvalue weighted by molar-refractivity contribution is 0.755. The Morgan fingerprint density at radius 3 is 2.92 bits per heavy atom. The predicted octanol–water partition coefficient (Wildman–Crippen LogP) is 1.70. The van der Waals surface area contributed by atoms with Crippen LogP contribution in [0.15, 0.2) is 18.6 Å². The van der Waals surface area contributed by atoms with Crippen molar-refractivity contribution in [1.82, 2.24) is 9.97 Å². The summed E-state index contributed by atoms with van der Waals surface area (Å²) in [5.41, 5.74) is 0. The third kappa shape index (κ3) is 2.17. The highest BCUT2D eigenvalue weighted by molar-refractivity contribution is 9.09. The van der Waals surface area contributed by atoms with Gasteiger partial charge < -0.3 is 4.90 Å². The van der Waals surface area contributed by atoms with E-state index in [0.29, 0.717) is 6.04 Å². The summed E-state index contributed by atoms with van der Waals surface area (Å²) >= 11 is 3.43. The fraction of sp³-hybridized carbons (Fsp3) is 0.500. The van der Waals surface area contributed by atoms with Crippen LogP contribution in [0.25, 0.3) is 0 Å². The SMILES string of the molecule is CC(CBr)N(C)c1ccncn1. The minimum Gasteiger partial charge on any atom is -0.356 e. The molecular formula is C8H12BrN3. The second-order valence-corrected chi connectivity index (χ2v) is 3.33. The summed E-state index contributed by atoms with van der Waals surface area (Å²) in [5, 5.41) is 0.938. The van der Waals surface area contributed by atoms with Crippen LogP contribution >= 0.6 is 15.9 Å². The zero-order chi connectivity index (χ0) is 8.97. The lowest BCUT2D eigenvalue weighted by Gasteiger charge is -2.23. The van der Waals surface area contributed by atoms with Gasteiger partial charge in [-0.15, -0.1) is 0 Å². The van der Waals surface area contributed by atoms with Gasteiger partial charge in [-0.2, -0.15) is 0 Å². The van der Waals surface area contributed by atoms with Gasteiger partial charge >= 0.3 is 0 Å². The summed E-state index contributed by atoms with van der Waals surface area (Å²) in [4.78, 5) is 10.1. The van der Waals surface area contributed by atoms with E-state index < -0.39 is 0 Å². The monoisotopic (exact) mass is 229 g/mol. The van der Waals surface area contributed by atoms with Crippen molar-refractivity contribution in [2.24, 2.45) is 0 Å². The Hall–Kier alpha value is -0.640. The fourth-order valence-electron chi connectivity index (χ4n) is 0.822. The molecule has 0 aliphatic carbocycles. The van der Waals surface area contributed by atoms with E-state index in [1.165, 1.54) is 0 Å². The first-order valence-electron chi connectivity index (χ1n) is 3.80. The standard InChI is InChI=1S/C8H12BrN3/c1-7(5-9)12(2)8-3-4-10-6-11-8/h3-4,6-7H,5H2,1-2H3. The quantitative estimate of drug-likeness (QED) is 0.740. The second-order valence-electron chi connectivity index (χ2n) is 2.68. The third-order valence-corrected chi connectivity index (χ3v) is 2.75. The molecule has 0 amide bonds. The van der Waals surface area contributed by atoms with Gasteiger partial charge in [0, 0.05) is 24.6 Å². The highest BCUT2D eigenvalue weighted by Crippen LogP contribution is 2.10. The molecule has 4 heteroatoms. The molecule has 0 spiro atoms. The smallest absolute Gasteiger partial charge is 0.131 e. The van der Waals surface area contributed by atoms with Crippen molar-refractivity contribution in [2.75, 3.05) is 17.3 Å². The molecule has 1 unspecified atom stereocenters. The van der Waals surface area contributed by atoms with Crippen molar-refractivity contribution in [3.8, 4) is 0 Å². The molecule has 1 aromatic rings. The van der Waals surface area contributed by atoms with E-state index in [1.807, 2.05) is 13.1 Å². The number of anilines is 1. The van der Waals surface area contributed by atoms with Gasteiger partial charge in [-0.25, -0.2) is 9.97 Å². The van der Waals surface area contributed by atoms with E-state index in [1.54, 1.807) is 12.5 Å². The zero-order valence-electron chi connectivity index (χ0n) is 7.24. The molecule has 0 saturated carbocycles. The molecule has 3 nitrogen and oxygen atoms in total. The van der Waals surface area contributed by atoms with Crippen LogP contribution in [-0.4, -0.2) is 28.4 Å². The molecule has 12 heavy (non-hydrogen) atoms. The number of hydrogen-bond acceptors (Lipinski definition) is 3. The van der Waals surface area contributed by atoms with Gasteiger partial charge in [0.05, 0.1) is 0 Å². The van der Waals surface area contributed by atoms with E-state index in [-0.39, 0.29) is 0 Å². The van der Waals surface area contributed by atoms with Crippen LogP contribution < -0.4 is 4.90 Å². The molecule has 66 valence electrons. The first-order chi connectivity index (χ1) is 5.75. The van der Waals surface area contributed by atoms with Gasteiger partial charge in [0.15, 0.2) is 0 Å². The number of nitrogens with zero attached hydrogens (tertiary/aromatic N) is 3. The molecule has 1 aromatic heterocycles. The summed E-state index contributed by atoms with van der Waals surface area (Å²) in [5.74, 6) is 0.956. The van der Waals surface area contributed by atoms with E-state index in [9.17, 15) is 0 Å². The van der Waals surface area contributed by atoms with Gasteiger partial charge in [-0.3, -0.25) is 0 Å². The summed E-state index contributed by atoms with van der Waals surface area (Å²) in [6.45, 7) is 2.14. The number of hydrogen-bond donors (Lipinski definition) is 0. The minimum atomic E-state index is 0.444. The van der Waals surface area contributed by atoms with Crippen LogP contribution in [0.2, 0.25) is 0 Å². The van der Waals surface area contributed by atoms with E-state index in [0.717, 1.165) is 11.1 Å². The zero-order valence-corrected chi connectivity index (χ0v) is 8.82. The molecular weight excluding hydrogens is 218 g/mol. The van der Waals surface area contributed by atoms with Crippen LogP contribution in [0.4, 0.5) is 5.82 Å². The van der Waals surface area contributed by atoms with Crippen molar-refractivity contribution in [2.45, 2.75) is 13.0 Å². The Kier molecular flexibility index (Phi) is 3.47. The summed E-state index contributed by atoms with van der Waals surface area (Å²) in [6.07, 6.45) is 3.31. The van der Waals surface area contributed by atoms with Gasteiger partial charge in [0.25, 0.3) is 0 Å². The average Bonchev–Trinajstić information content (AvgIpc) is 2.17. The molecule has 0 fully saturated rings. The summed E-state index contributed by atoms with van der Waals surface area (Å²) in [7, 11) is 2.02. The number of rotatable bonds is 3. The van der Waals surface area contributed by atoms with Gasteiger partial charge in [-0.1, -0.05) is 15.9 Å². The van der Waals surface area contributed by atoms with Gasteiger partial charge in [0.2, 0.25) is 0 Å². The van der Waals surface area contributed by atoms with Crippen molar-refractivity contribution < 1.29 is 0 Å². The molecule has 0 bridgehead atoms. The molecule has 1 heterocycles. The van der Waals surface area contributed by atoms with Crippen LogP contribution in [0.3, 0.4) is 0 Å². The molecule has 0 aromatic carbocycles. The largest absolute Gasteiger partial charge is 0.356 e. The van der Waals surface area contributed by atoms with Crippen LogP contribution in [0.1, 0.15) is 6.92 Å². The van der Waals surface area contributed by atoms with Crippen molar-refractivity contribution in [3.05, 3.63) is 18.6 Å². The van der Waals surface area contributed by atoms with Gasteiger partial charge in [-0.05, 0) is 13.0 Å². The average molecular weight is 230 g/mol. The summed E-state index contributed by atoms with van der Waals surface area (Å²) in [6, 6.07) is 2.35. The first-order valence-corrected chi connectivity index (χ1v) is 4.92. The van der Waals surface area contributed by atoms with Crippen molar-refractivity contribution in [1.29, 1.82) is 0 Å². The molecule has 1 atom stereocenters. The molecule has 1 rings (SSSR count). The third-order valence-electron chi connectivity index (χ3n) is 1.81. The van der Waals surface area contributed by atoms with E-state index in [4.69, 9.17) is 0 Å². The van der Waals surface area contributed by atoms with Crippen LogP contribution in [0, 0.1) is 0 Å². The molecule has 0 aliphatic heterocycles. The maximum absolute atomic E-state index is 4.14. The maximum atomic E-state index is 4.14. The lowest BCUT2D eigenvalue weighted by Crippen LogP contribution is -2.30. The minimum absolute atomic E-state index is 0.444. The normalized spacial score (nSPS) is 12.6. The summed E-state index contributed by atoms with van der Waals surface area (Å²) < 4.78 is 0. The van der Waals surface area contributed by atoms with Crippen molar-refractivity contribution >= 4 is 21.7 Å². The highest BCUT2D eigenvalue weighted by atomic mass is 79.9. The van der Waals surface area contributed by atoms with E-state index in [2.05, 4.69) is 37.7 Å². The molecule has 0 N–H and O–H groups in total. The number of aromatic nitrogens is 2. The first kappa shape index (κ1) is 9.45.